The Morgan fingerprint density at radius 2 is 1.64 bits per heavy atom. The highest BCUT2D eigenvalue weighted by molar-refractivity contribution is 6.51. The van der Waals surface area contributed by atoms with Gasteiger partial charge in [0.2, 0.25) is 0 Å². The van der Waals surface area contributed by atoms with Gasteiger partial charge in [-0.25, -0.2) is 0 Å². The fourth-order valence-corrected chi connectivity index (χ4v) is 3.97. The van der Waals surface area contributed by atoms with E-state index in [4.69, 9.17) is 9.47 Å². The van der Waals surface area contributed by atoms with Crippen LogP contribution in [0, 0.1) is 0 Å². The molecule has 2 aromatic carbocycles. The first-order valence-electron chi connectivity index (χ1n) is 10.5. The number of rotatable bonds is 6. The van der Waals surface area contributed by atoms with Crippen molar-refractivity contribution in [2.45, 2.75) is 12.4 Å². The van der Waals surface area contributed by atoms with E-state index in [1.807, 2.05) is 0 Å². The predicted octanol–water partition coefficient (Wildman–Crippen LogP) is 4.62. The molecular weight excluding hydrogens is 481 g/mol. The van der Waals surface area contributed by atoms with Crippen LogP contribution in [0.4, 0.5) is 18.9 Å². The van der Waals surface area contributed by atoms with Gasteiger partial charge in [0.05, 0.1) is 25.5 Å². The summed E-state index contributed by atoms with van der Waals surface area (Å²) in [5.74, 6) is -3.00. The molecular formula is C25H19F3N2O6. The van der Waals surface area contributed by atoms with Crippen molar-refractivity contribution in [2.24, 2.45) is 0 Å². The lowest BCUT2D eigenvalue weighted by molar-refractivity contribution is -0.274. The first-order valence-corrected chi connectivity index (χ1v) is 10.5. The van der Waals surface area contributed by atoms with Gasteiger partial charge in [0.15, 0.2) is 0 Å². The van der Waals surface area contributed by atoms with E-state index in [-0.39, 0.29) is 34.0 Å². The minimum atomic E-state index is -4.96. The molecule has 3 aromatic rings. The number of nitrogens with zero attached hydrogens (tertiary/aromatic N) is 2. The molecule has 2 heterocycles. The first kappa shape index (κ1) is 24.6. The van der Waals surface area contributed by atoms with E-state index < -0.39 is 35.6 Å². The molecule has 1 N–H and O–H groups in total. The maximum atomic E-state index is 13.3. The molecule has 0 aliphatic carbocycles. The van der Waals surface area contributed by atoms with Crippen LogP contribution in [0.25, 0.3) is 5.76 Å². The predicted molar refractivity (Wildman–Crippen MR) is 122 cm³/mol. The number of halogens is 3. The van der Waals surface area contributed by atoms with Crippen LogP contribution in [0.3, 0.4) is 0 Å². The van der Waals surface area contributed by atoms with Gasteiger partial charge in [-0.15, -0.1) is 13.2 Å². The fraction of sp³-hybridized carbons (Fsp3) is 0.160. The van der Waals surface area contributed by atoms with Gasteiger partial charge >= 0.3 is 6.36 Å². The quantitative estimate of drug-likeness (QED) is 0.300. The van der Waals surface area contributed by atoms with Crippen LogP contribution in [-0.4, -0.2) is 42.4 Å². The number of anilines is 1. The lowest BCUT2D eigenvalue weighted by Crippen LogP contribution is -2.30. The largest absolute Gasteiger partial charge is 0.573 e. The Hall–Kier alpha value is -4.54. The van der Waals surface area contributed by atoms with E-state index in [1.165, 1.54) is 50.7 Å². The van der Waals surface area contributed by atoms with Crippen LogP contribution in [-0.2, 0) is 9.59 Å². The Morgan fingerprint density at radius 3 is 2.22 bits per heavy atom. The highest BCUT2D eigenvalue weighted by Crippen LogP contribution is 2.45. The monoisotopic (exact) mass is 500 g/mol. The van der Waals surface area contributed by atoms with Crippen molar-refractivity contribution in [3.05, 3.63) is 83.7 Å². The van der Waals surface area contributed by atoms with E-state index in [9.17, 15) is 27.9 Å². The molecule has 8 nitrogen and oxygen atoms in total. The second kappa shape index (κ2) is 9.61. The van der Waals surface area contributed by atoms with Gasteiger partial charge in [-0.05, 0) is 36.4 Å². The summed E-state index contributed by atoms with van der Waals surface area (Å²) in [5, 5.41) is 11.4. The van der Waals surface area contributed by atoms with Gasteiger partial charge in [0.1, 0.15) is 34.6 Å². The zero-order chi connectivity index (χ0) is 26.0. The summed E-state index contributed by atoms with van der Waals surface area (Å²) in [7, 11) is 2.71. The summed E-state index contributed by atoms with van der Waals surface area (Å²) >= 11 is 0. The number of carbonyl (C=O) groups is 2. The van der Waals surface area contributed by atoms with Crippen molar-refractivity contribution in [1.29, 1.82) is 0 Å². The van der Waals surface area contributed by atoms with Gasteiger partial charge in [0, 0.05) is 18.0 Å². The molecule has 186 valence electrons. The molecule has 1 aromatic heterocycles. The molecule has 1 fully saturated rings. The highest BCUT2D eigenvalue weighted by atomic mass is 19.4. The van der Waals surface area contributed by atoms with Gasteiger partial charge < -0.3 is 19.3 Å². The summed E-state index contributed by atoms with van der Waals surface area (Å²) < 4.78 is 53.0. The van der Waals surface area contributed by atoms with Crippen LogP contribution >= 0.6 is 0 Å². The molecule has 1 atom stereocenters. The van der Waals surface area contributed by atoms with Crippen LogP contribution < -0.4 is 19.1 Å². The summed E-state index contributed by atoms with van der Waals surface area (Å²) in [6, 6.07) is 12.7. The molecule has 1 saturated heterocycles. The second-order valence-electron chi connectivity index (χ2n) is 7.51. The third-order valence-corrected chi connectivity index (χ3v) is 5.41. The number of hydrogen-bond donors (Lipinski definition) is 1. The molecule has 1 aliphatic rings. The smallest absolute Gasteiger partial charge is 0.506 e. The molecule has 0 spiro atoms. The fourth-order valence-electron chi connectivity index (χ4n) is 3.97. The SMILES string of the molecule is COc1cccc(OC)c1/C(O)=C1\C(=O)C(=O)N(c2cccc(OC(F)(F)F)c2)C1c1ccccn1. The van der Waals surface area contributed by atoms with Gasteiger partial charge in [0.25, 0.3) is 11.7 Å². The normalized spacial score (nSPS) is 17.2. The molecule has 0 bridgehead atoms. The third kappa shape index (κ3) is 4.54. The van der Waals surface area contributed by atoms with E-state index in [0.29, 0.717) is 0 Å². The Labute approximate surface area is 203 Å². The summed E-state index contributed by atoms with van der Waals surface area (Å²) in [6.45, 7) is 0. The third-order valence-electron chi connectivity index (χ3n) is 5.41. The first-order chi connectivity index (χ1) is 17.2. The van der Waals surface area contributed by atoms with Crippen LogP contribution in [0.2, 0.25) is 0 Å². The molecule has 36 heavy (non-hydrogen) atoms. The number of pyridine rings is 1. The zero-order valence-corrected chi connectivity index (χ0v) is 18.9. The minimum absolute atomic E-state index is 0.0237. The Bertz CT molecular complexity index is 1320. The van der Waals surface area contributed by atoms with Crippen molar-refractivity contribution in [3.8, 4) is 17.2 Å². The number of methoxy groups -OCH3 is 2. The molecule has 11 heteroatoms. The summed E-state index contributed by atoms with van der Waals surface area (Å²) in [5.41, 5.74) is -0.200. The maximum absolute atomic E-state index is 13.3. The maximum Gasteiger partial charge on any atom is 0.573 e. The number of aliphatic hydroxyl groups is 1. The van der Waals surface area contributed by atoms with Crippen molar-refractivity contribution in [3.63, 3.8) is 0 Å². The number of carbonyl (C=O) groups excluding carboxylic acids is 2. The Balaban J connectivity index is 1.95. The van der Waals surface area contributed by atoms with Crippen LogP contribution in [0.15, 0.2) is 72.4 Å². The Morgan fingerprint density at radius 1 is 0.972 bits per heavy atom. The van der Waals surface area contributed by atoms with Crippen molar-refractivity contribution >= 4 is 23.1 Å². The summed E-state index contributed by atoms with van der Waals surface area (Å²) in [4.78, 5) is 31.7. The number of benzene rings is 2. The topological polar surface area (TPSA) is 98.2 Å². The zero-order valence-electron chi connectivity index (χ0n) is 18.9. The van der Waals surface area contributed by atoms with E-state index in [1.54, 1.807) is 18.2 Å². The van der Waals surface area contributed by atoms with Gasteiger partial charge in [-0.2, -0.15) is 0 Å². The average Bonchev–Trinajstić information content (AvgIpc) is 3.13. The average molecular weight is 500 g/mol. The number of aliphatic hydroxyl groups excluding tert-OH is 1. The number of hydrogen-bond acceptors (Lipinski definition) is 7. The number of Topliss-reactive ketones (excluding diaryl/α,β-unsaturated/α-hetero) is 1. The van der Waals surface area contributed by atoms with Crippen molar-refractivity contribution < 1.29 is 42.1 Å². The number of ketones is 1. The number of aromatic nitrogens is 1. The second-order valence-corrected chi connectivity index (χ2v) is 7.51. The van der Waals surface area contributed by atoms with Crippen LogP contribution in [0.1, 0.15) is 17.3 Å². The molecule has 1 amide bonds. The van der Waals surface area contributed by atoms with Crippen molar-refractivity contribution in [2.75, 3.05) is 19.1 Å². The molecule has 1 unspecified atom stereocenters. The van der Waals surface area contributed by atoms with E-state index in [2.05, 4.69) is 9.72 Å². The van der Waals surface area contributed by atoms with Gasteiger partial charge in [-0.1, -0.05) is 18.2 Å². The number of alkyl halides is 3. The molecule has 0 radical (unpaired) electrons. The molecule has 1 aliphatic heterocycles. The Kier molecular flexibility index (Phi) is 6.56. The van der Waals surface area contributed by atoms with Crippen LogP contribution in [0.5, 0.6) is 17.2 Å². The minimum Gasteiger partial charge on any atom is -0.506 e. The number of ether oxygens (including phenoxy) is 3. The van der Waals surface area contributed by atoms with Gasteiger partial charge in [-0.3, -0.25) is 19.5 Å². The lowest BCUT2D eigenvalue weighted by Gasteiger charge is -2.25. The lowest BCUT2D eigenvalue weighted by atomic mass is 9.97. The highest BCUT2D eigenvalue weighted by Gasteiger charge is 2.48. The molecule has 4 rings (SSSR count). The standard InChI is InChI=1S/C25H19F3N2O6/c1-34-17-10-6-11-18(35-2)19(17)22(31)20-21(16-9-3-4-12-29-16)30(24(33)23(20)32)14-7-5-8-15(13-14)36-25(26,27)28/h3-13,21,31H,1-2H3/b22-20+. The molecule has 0 saturated carbocycles. The number of amides is 1. The van der Waals surface area contributed by atoms with E-state index in [0.717, 1.165) is 17.0 Å². The van der Waals surface area contributed by atoms with E-state index >= 15 is 0 Å². The van der Waals surface area contributed by atoms with Crippen molar-refractivity contribution in [1.82, 2.24) is 4.98 Å². The summed E-state index contributed by atoms with van der Waals surface area (Å²) in [6.07, 6.45) is -3.55.